The Morgan fingerprint density at radius 3 is 2.38 bits per heavy atom. The quantitative estimate of drug-likeness (QED) is 0.496. The Morgan fingerprint density at radius 1 is 0.882 bits per heavy atom. The van der Waals surface area contributed by atoms with Gasteiger partial charge < -0.3 is 30.6 Å². The molecule has 0 radical (unpaired) electrons. The lowest BCUT2D eigenvalue weighted by Crippen LogP contribution is -2.20. The summed E-state index contributed by atoms with van der Waals surface area (Å²) in [5.41, 5.74) is 7.63. The van der Waals surface area contributed by atoms with E-state index in [0.29, 0.717) is 53.0 Å². The van der Waals surface area contributed by atoms with Crippen molar-refractivity contribution in [3.63, 3.8) is 0 Å². The zero-order valence-electron chi connectivity index (χ0n) is 18.4. The number of benzene rings is 3. The molecule has 0 aliphatic carbocycles. The molecule has 1 aliphatic rings. The molecular weight excluding hydrogens is 438 g/mol. The molecule has 0 saturated heterocycles. The molecule has 34 heavy (non-hydrogen) atoms. The second-order valence-corrected chi connectivity index (χ2v) is 7.58. The summed E-state index contributed by atoms with van der Waals surface area (Å²) >= 11 is 0. The zero-order chi connectivity index (χ0) is 24.1. The summed E-state index contributed by atoms with van der Waals surface area (Å²) in [7, 11) is 0. The van der Waals surface area contributed by atoms with Gasteiger partial charge in [0.15, 0.2) is 18.1 Å². The second kappa shape index (κ2) is 9.95. The Kier molecular flexibility index (Phi) is 6.63. The van der Waals surface area contributed by atoms with E-state index >= 15 is 0 Å². The number of ether oxygens (including phenoxy) is 3. The van der Waals surface area contributed by atoms with E-state index in [4.69, 9.17) is 19.9 Å². The van der Waals surface area contributed by atoms with Gasteiger partial charge in [-0.1, -0.05) is 12.1 Å². The standard InChI is InChI=1S/C25H23N3O6/c1-15-5-6-16(24(30)27-18-3-2-4-19(13-18)34-14-23(26)29)11-20(15)28-25(31)17-7-8-21-22(12-17)33-10-9-32-21/h2-8,11-13H,9-10,14H2,1H3,(H2,26,29)(H,27,30)(H,28,31). The molecule has 0 bridgehead atoms. The molecule has 4 rings (SSSR count). The number of nitrogens with one attached hydrogen (secondary N) is 2. The third-order valence-corrected chi connectivity index (χ3v) is 5.03. The highest BCUT2D eigenvalue weighted by atomic mass is 16.6. The number of hydrogen-bond donors (Lipinski definition) is 3. The molecule has 0 fully saturated rings. The maximum Gasteiger partial charge on any atom is 0.255 e. The lowest BCUT2D eigenvalue weighted by Gasteiger charge is -2.19. The van der Waals surface area contributed by atoms with Crippen molar-refractivity contribution in [2.45, 2.75) is 6.92 Å². The molecule has 4 N–H and O–H groups in total. The minimum atomic E-state index is -0.597. The van der Waals surface area contributed by atoms with Crippen molar-refractivity contribution < 1.29 is 28.6 Å². The molecule has 9 nitrogen and oxygen atoms in total. The van der Waals surface area contributed by atoms with Gasteiger partial charge in [0.05, 0.1) is 0 Å². The van der Waals surface area contributed by atoms with Crippen LogP contribution in [-0.2, 0) is 4.79 Å². The van der Waals surface area contributed by atoms with Crippen molar-refractivity contribution in [1.82, 2.24) is 0 Å². The first-order chi connectivity index (χ1) is 16.4. The first-order valence-corrected chi connectivity index (χ1v) is 10.5. The van der Waals surface area contributed by atoms with Crippen molar-refractivity contribution in [1.29, 1.82) is 0 Å². The topological polar surface area (TPSA) is 129 Å². The molecule has 3 amide bonds. The van der Waals surface area contributed by atoms with Crippen molar-refractivity contribution in [2.75, 3.05) is 30.5 Å². The van der Waals surface area contributed by atoms with E-state index in [1.807, 2.05) is 6.92 Å². The summed E-state index contributed by atoms with van der Waals surface area (Å²) in [6, 6.07) is 16.6. The van der Waals surface area contributed by atoms with Crippen molar-refractivity contribution in [3.8, 4) is 17.2 Å². The molecule has 0 unspecified atom stereocenters. The van der Waals surface area contributed by atoms with Gasteiger partial charge in [-0.3, -0.25) is 14.4 Å². The zero-order valence-corrected chi connectivity index (χ0v) is 18.4. The molecule has 9 heteroatoms. The van der Waals surface area contributed by atoms with Gasteiger partial charge in [-0.25, -0.2) is 0 Å². The fourth-order valence-electron chi connectivity index (χ4n) is 3.30. The lowest BCUT2D eigenvalue weighted by atomic mass is 10.1. The van der Waals surface area contributed by atoms with E-state index in [-0.39, 0.29) is 18.4 Å². The third-order valence-electron chi connectivity index (χ3n) is 5.03. The normalized spacial score (nSPS) is 11.9. The van der Waals surface area contributed by atoms with E-state index in [1.165, 1.54) is 0 Å². The van der Waals surface area contributed by atoms with Crippen LogP contribution in [0, 0.1) is 6.92 Å². The average Bonchev–Trinajstić information content (AvgIpc) is 2.84. The smallest absolute Gasteiger partial charge is 0.255 e. The molecule has 0 saturated carbocycles. The van der Waals surface area contributed by atoms with Crippen LogP contribution in [0.15, 0.2) is 60.7 Å². The number of primary amides is 1. The molecule has 0 spiro atoms. The molecule has 0 atom stereocenters. The van der Waals surface area contributed by atoms with Gasteiger partial charge >= 0.3 is 0 Å². The third kappa shape index (κ3) is 5.44. The molecule has 1 heterocycles. The number of carbonyl (C=O) groups is 3. The largest absolute Gasteiger partial charge is 0.486 e. The number of amides is 3. The highest BCUT2D eigenvalue weighted by Crippen LogP contribution is 2.31. The van der Waals surface area contributed by atoms with E-state index in [9.17, 15) is 14.4 Å². The molecule has 1 aliphatic heterocycles. The fourth-order valence-corrected chi connectivity index (χ4v) is 3.30. The number of carbonyl (C=O) groups excluding carboxylic acids is 3. The maximum atomic E-state index is 12.8. The number of anilines is 2. The van der Waals surface area contributed by atoms with Gasteiger partial charge in [-0.05, 0) is 55.0 Å². The molecule has 174 valence electrons. The number of rotatable bonds is 7. The van der Waals surface area contributed by atoms with Crippen LogP contribution < -0.4 is 30.6 Å². The minimum absolute atomic E-state index is 0.262. The number of aryl methyl sites for hydroxylation is 1. The fraction of sp³-hybridized carbons (Fsp3) is 0.160. The summed E-state index contributed by atoms with van der Waals surface area (Å²) in [6.07, 6.45) is 0. The number of fused-ring (bicyclic) bond motifs is 1. The summed E-state index contributed by atoms with van der Waals surface area (Å²) in [6.45, 7) is 2.47. The Bertz CT molecular complexity index is 1260. The predicted molar refractivity (Wildman–Crippen MR) is 126 cm³/mol. The summed E-state index contributed by atoms with van der Waals surface area (Å²) in [5, 5.41) is 5.62. The van der Waals surface area contributed by atoms with Crippen LogP contribution in [0.4, 0.5) is 11.4 Å². The van der Waals surface area contributed by atoms with Crippen LogP contribution in [0.1, 0.15) is 26.3 Å². The van der Waals surface area contributed by atoms with Crippen LogP contribution in [0.3, 0.4) is 0 Å². The maximum absolute atomic E-state index is 12.8. The van der Waals surface area contributed by atoms with Gasteiger partial charge in [0.2, 0.25) is 0 Å². The van der Waals surface area contributed by atoms with Crippen LogP contribution in [0.5, 0.6) is 17.2 Å². The van der Waals surface area contributed by atoms with Crippen molar-refractivity contribution >= 4 is 29.1 Å². The molecule has 0 aromatic heterocycles. The summed E-state index contributed by atoms with van der Waals surface area (Å²) in [5.74, 6) is 0.208. The van der Waals surface area contributed by atoms with Crippen LogP contribution in [-0.4, -0.2) is 37.5 Å². The Morgan fingerprint density at radius 2 is 1.59 bits per heavy atom. The van der Waals surface area contributed by atoms with Crippen molar-refractivity contribution in [2.24, 2.45) is 5.73 Å². The van der Waals surface area contributed by atoms with Crippen LogP contribution in [0.25, 0.3) is 0 Å². The second-order valence-electron chi connectivity index (χ2n) is 7.58. The molecule has 3 aromatic rings. The van der Waals surface area contributed by atoms with Crippen molar-refractivity contribution in [3.05, 3.63) is 77.4 Å². The van der Waals surface area contributed by atoms with E-state index in [0.717, 1.165) is 5.56 Å². The van der Waals surface area contributed by atoms with Gasteiger partial charge in [-0.2, -0.15) is 0 Å². The lowest BCUT2D eigenvalue weighted by molar-refractivity contribution is -0.119. The molecule has 3 aromatic carbocycles. The molecular formula is C25H23N3O6. The monoisotopic (exact) mass is 461 g/mol. The first-order valence-electron chi connectivity index (χ1n) is 10.5. The Labute approximate surface area is 195 Å². The van der Waals surface area contributed by atoms with E-state index in [1.54, 1.807) is 60.7 Å². The number of nitrogens with two attached hydrogens (primary N) is 1. The van der Waals surface area contributed by atoms with Gasteiger partial charge in [-0.15, -0.1) is 0 Å². The Hall–Kier alpha value is -4.53. The SMILES string of the molecule is Cc1ccc(C(=O)Nc2cccc(OCC(N)=O)c2)cc1NC(=O)c1ccc2c(c1)OCCO2. The van der Waals surface area contributed by atoms with E-state index in [2.05, 4.69) is 10.6 Å². The van der Waals surface area contributed by atoms with E-state index < -0.39 is 5.91 Å². The van der Waals surface area contributed by atoms with Crippen LogP contribution >= 0.6 is 0 Å². The summed E-state index contributed by atoms with van der Waals surface area (Å²) < 4.78 is 16.3. The minimum Gasteiger partial charge on any atom is -0.486 e. The van der Waals surface area contributed by atoms with Gasteiger partial charge in [0.25, 0.3) is 17.7 Å². The predicted octanol–water partition coefficient (Wildman–Crippen LogP) is 3.13. The van der Waals surface area contributed by atoms with Gasteiger partial charge in [0.1, 0.15) is 19.0 Å². The Balaban J connectivity index is 1.46. The van der Waals surface area contributed by atoms with Crippen LogP contribution in [0.2, 0.25) is 0 Å². The highest BCUT2D eigenvalue weighted by molar-refractivity contribution is 6.08. The highest BCUT2D eigenvalue weighted by Gasteiger charge is 2.16. The average molecular weight is 461 g/mol. The van der Waals surface area contributed by atoms with Gasteiger partial charge in [0, 0.05) is 28.6 Å². The first kappa shape index (κ1) is 22.7. The number of hydrogen-bond acceptors (Lipinski definition) is 6. The summed E-state index contributed by atoms with van der Waals surface area (Å²) in [4.78, 5) is 36.5.